The second-order valence-electron chi connectivity index (χ2n) is 4.88. The van der Waals surface area contributed by atoms with Crippen LogP contribution in [0.1, 0.15) is 25.3 Å². The summed E-state index contributed by atoms with van der Waals surface area (Å²) in [5, 5.41) is 0.643. The van der Waals surface area contributed by atoms with E-state index in [1.54, 1.807) is 0 Å². The number of fused-ring (bicyclic) bond motifs is 1. The molecule has 0 radical (unpaired) electrons. The van der Waals surface area contributed by atoms with Gasteiger partial charge in [0.15, 0.2) is 0 Å². The van der Waals surface area contributed by atoms with Gasteiger partial charge in [-0.05, 0) is 36.3 Å². The number of hydrogen-bond acceptors (Lipinski definition) is 1. The van der Waals surface area contributed by atoms with Crippen LogP contribution in [0.15, 0.2) is 29.2 Å². The van der Waals surface area contributed by atoms with Crippen molar-refractivity contribution in [2.75, 3.05) is 11.8 Å². The predicted octanol–water partition coefficient (Wildman–Crippen LogP) is 4.97. The van der Waals surface area contributed by atoms with E-state index < -0.39 is 0 Å². The molecule has 0 nitrogen and oxygen atoms in total. The minimum atomic E-state index is 0.114. The zero-order valence-electron chi connectivity index (χ0n) is 10.1. The predicted molar refractivity (Wildman–Crippen MR) is 78.6 cm³/mol. The quantitative estimate of drug-likeness (QED) is 0.690. The lowest BCUT2D eigenvalue weighted by Gasteiger charge is -2.30. The number of rotatable bonds is 5. The Hall–Kier alpha value is 0.150. The lowest BCUT2D eigenvalue weighted by Crippen LogP contribution is -2.28. The third-order valence-electron chi connectivity index (χ3n) is 3.69. The maximum absolute atomic E-state index is 6.12. The molecule has 94 valence electrons. The highest BCUT2D eigenvalue weighted by Crippen LogP contribution is 2.43. The molecule has 0 amide bonds. The van der Waals surface area contributed by atoms with Crippen LogP contribution in [0.3, 0.4) is 0 Å². The molecule has 3 heteroatoms. The molecule has 1 heterocycles. The van der Waals surface area contributed by atoms with Gasteiger partial charge in [-0.1, -0.05) is 25.1 Å². The van der Waals surface area contributed by atoms with Crippen molar-refractivity contribution in [3.05, 3.63) is 29.8 Å². The molecule has 0 fully saturated rings. The molecule has 0 saturated heterocycles. The molecule has 0 spiro atoms. The fourth-order valence-electron chi connectivity index (χ4n) is 2.33. The van der Waals surface area contributed by atoms with Gasteiger partial charge in [0.05, 0.1) is 0 Å². The fourth-order valence-corrected chi connectivity index (χ4v) is 4.73. The topological polar surface area (TPSA) is 0 Å². The Kier molecular flexibility index (Phi) is 4.68. The minimum Gasteiger partial charge on any atom is -0.126 e. The summed E-state index contributed by atoms with van der Waals surface area (Å²) in [5.74, 6) is 1.33. The van der Waals surface area contributed by atoms with Crippen molar-refractivity contribution in [1.82, 2.24) is 0 Å². The number of thioether (sulfide) groups is 1. The van der Waals surface area contributed by atoms with Crippen molar-refractivity contribution >= 4 is 35.0 Å². The third kappa shape index (κ3) is 2.94. The highest BCUT2D eigenvalue weighted by Gasteiger charge is 2.33. The van der Waals surface area contributed by atoms with Crippen LogP contribution < -0.4 is 0 Å². The van der Waals surface area contributed by atoms with Gasteiger partial charge in [0.1, 0.15) is 0 Å². The van der Waals surface area contributed by atoms with Crippen LogP contribution in [0.2, 0.25) is 0 Å². The Morgan fingerprint density at radius 3 is 2.59 bits per heavy atom. The monoisotopic (exact) mass is 288 g/mol. The summed E-state index contributed by atoms with van der Waals surface area (Å²) in [6.45, 7) is 2.19. The molecule has 0 saturated carbocycles. The van der Waals surface area contributed by atoms with E-state index in [4.69, 9.17) is 23.2 Å². The lowest BCUT2D eigenvalue weighted by atomic mass is 9.83. The molecule has 17 heavy (non-hydrogen) atoms. The van der Waals surface area contributed by atoms with Crippen molar-refractivity contribution in [2.45, 2.75) is 36.3 Å². The van der Waals surface area contributed by atoms with E-state index in [1.165, 1.54) is 10.5 Å². The van der Waals surface area contributed by atoms with Gasteiger partial charge in [0.2, 0.25) is 0 Å². The van der Waals surface area contributed by atoms with E-state index in [2.05, 4.69) is 31.2 Å². The smallest absolute Gasteiger partial charge is 0.0291 e. The van der Waals surface area contributed by atoms with Crippen molar-refractivity contribution in [2.24, 2.45) is 5.41 Å². The Labute approximate surface area is 118 Å². The van der Waals surface area contributed by atoms with Crippen LogP contribution in [0.4, 0.5) is 0 Å². The normalized spacial score (nSPS) is 19.4. The molecule has 0 aliphatic carbocycles. The standard InChI is InChI=1S/C14H18Cl2S/c1-2-14(9-15,10-16)8-12-7-11-5-3-4-6-13(11)17-12/h3-6,12H,2,7-10H2,1H3. The molecular formula is C14H18Cl2S. The third-order valence-corrected chi connectivity index (χ3v) is 6.14. The van der Waals surface area contributed by atoms with Gasteiger partial charge in [0, 0.05) is 21.9 Å². The van der Waals surface area contributed by atoms with Crippen LogP contribution in [0.25, 0.3) is 0 Å². The summed E-state index contributed by atoms with van der Waals surface area (Å²) in [6, 6.07) is 8.69. The van der Waals surface area contributed by atoms with Crippen LogP contribution >= 0.6 is 35.0 Å². The van der Waals surface area contributed by atoms with E-state index in [0.29, 0.717) is 17.0 Å². The number of hydrogen-bond donors (Lipinski definition) is 0. The van der Waals surface area contributed by atoms with Crippen LogP contribution in [-0.4, -0.2) is 17.0 Å². The highest BCUT2D eigenvalue weighted by atomic mass is 35.5. The SMILES string of the molecule is CCC(CCl)(CCl)CC1Cc2ccccc2S1. The van der Waals surface area contributed by atoms with Gasteiger partial charge in [0.25, 0.3) is 0 Å². The van der Waals surface area contributed by atoms with E-state index >= 15 is 0 Å². The first-order valence-corrected chi connectivity index (χ1v) is 8.04. The van der Waals surface area contributed by atoms with Crippen molar-refractivity contribution in [3.8, 4) is 0 Å². The second kappa shape index (κ2) is 5.86. The Morgan fingerprint density at radius 2 is 2.00 bits per heavy atom. The molecule has 1 aromatic rings. The van der Waals surface area contributed by atoms with Gasteiger partial charge in [-0.25, -0.2) is 0 Å². The summed E-state index contributed by atoms with van der Waals surface area (Å²) >= 11 is 14.2. The molecule has 0 N–H and O–H groups in total. The maximum Gasteiger partial charge on any atom is 0.0291 e. The molecule has 1 unspecified atom stereocenters. The summed E-state index contributed by atoms with van der Waals surface area (Å²) < 4.78 is 0. The number of halogens is 2. The summed E-state index contributed by atoms with van der Waals surface area (Å²) in [7, 11) is 0. The zero-order chi connectivity index (χ0) is 12.3. The first-order valence-electron chi connectivity index (χ1n) is 6.09. The van der Waals surface area contributed by atoms with Gasteiger partial charge < -0.3 is 0 Å². The Bertz CT molecular complexity index is 341. The molecule has 0 aromatic heterocycles. The average molecular weight is 289 g/mol. The van der Waals surface area contributed by atoms with Crippen molar-refractivity contribution < 1.29 is 0 Å². The molecule has 1 atom stereocenters. The molecule has 0 bridgehead atoms. The summed E-state index contributed by atoms with van der Waals surface area (Å²) in [4.78, 5) is 1.44. The van der Waals surface area contributed by atoms with E-state index in [0.717, 1.165) is 19.3 Å². The van der Waals surface area contributed by atoms with Crippen LogP contribution in [0, 0.1) is 5.41 Å². The van der Waals surface area contributed by atoms with Crippen molar-refractivity contribution in [1.29, 1.82) is 0 Å². The summed E-state index contributed by atoms with van der Waals surface area (Å²) in [5.41, 5.74) is 1.60. The molecular weight excluding hydrogens is 271 g/mol. The molecule has 1 aliphatic heterocycles. The maximum atomic E-state index is 6.12. The molecule has 1 aliphatic rings. The van der Waals surface area contributed by atoms with E-state index in [9.17, 15) is 0 Å². The second-order valence-corrected chi connectivity index (χ2v) is 6.75. The average Bonchev–Trinajstić information content (AvgIpc) is 2.78. The first-order chi connectivity index (χ1) is 8.23. The molecule has 2 rings (SSSR count). The molecule has 1 aromatic carbocycles. The number of benzene rings is 1. The van der Waals surface area contributed by atoms with Gasteiger partial charge in [-0.15, -0.1) is 35.0 Å². The van der Waals surface area contributed by atoms with E-state index in [1.807, 2.05) is 11.8 Å². The lowest BCUT2D eigenvalue weighted by molar-refractivity contribution is 0.330. The van der Waals surface area contributed by atoms with Crippen molar-refractivity contribution in [3.63, 3.8) is 0 Å². The Morgan fingerprint density at radius 1 is 1.29 bits per heavy atom. The largest absolute Gasteiger partial charge is 0.126 e. The summed E-state index contributed by atoms with van der Waals surface area (Å²) in [6.07, 6.45) is 3.35. The first kappa shape index (κ1) is 13.6. The highest BCUT2D eigenvalue weighted by molar-refractivity contribution is 8.00. The van der Waals surface area contributed by atoms with Crippen LogP contribution in [-0.2, 0) is 6.42 Å². The van der Waals surface area contributed by atoms with Crippen LogP contribution in [0.5, 0.6) is 0 Å². The fraction of sp³-hybridized carbons (Fsp3) is 0.571. The number of alkyl halides is 2. The van der Waals surface area contributed by atoms with Gasteiger partial charge >= 0.3 is 0 Å². The zero-order valence-corrected chi connectivity index (χ0v) is 12.4. The Balaban J connectivity index is 2.04. The van der Waals surface area contributed by atoms with Gasteiger partial charge in [-0.3, -0.25) is 0 Å². The van der Waals surface area contributed by atoms with E-state index in [-0.39, 0.29) is 5.41 Å². The minimum absolute atomic E-state index is 0.114. The van der Waals surface area contributed by atoms with Gasteiger partial charge in [-0.2, -0.15) is 0 Å².